The summed E-state index contributed by atoms with van der Waals surface area (Å²) in [7, 11) is 0. The molecule has 1 aromatic heterocycles. The molecule has 2 aromatic rings. The lowest BCUT2D eigenvalue weighted by Crippen LogP contribution is -2.13. The van der Waals surface area contributed by atoms with Gasteiger partial charge in [-0.1, -0.05) is 23.2 Å². The molecule has 2 rings (SSSR count). The number of halogens is 3. The van der Waals surface area contributed by atoms with Gasteiger partial charge in [0.2, 0.25) is 0 Å². The van der Waals surface area contributed by atoms with Crippen LogP contribution >= 0.6 is 39.1 Å². The number of carbonyl (C=O) groups excluding carboxylic acids is 1. The summed E-state index contributed by atoms with van der Waals surface area (Å²) in [5.41, 5.74) is 0.493. The summed E-state index contributed by atoms with van der Waals surface area (Å²) in [5.74, 6) is -1.62. The van der Waals surface area contributed by atoms with E-state index >= 15 is 0 Å². The van der Waals surface area contributed by atoms with E-state index in [1.54, 1.807) is 0 Å². The number of rotatable bonds is 3. The SMILES string of the molecule is O=C(O)c1ccc(NC(=O)c2cc(Br)cnc2Cl)cc1Cl. The van der Waals surface area contributed by atoms with Crippen molar-refractivity contribution in [3.05, 3.63) is 56.2 Å². The number of nitrogens with one attached hydrogen (secondary N) is 1. The molecule has 1 heterocycles. The lowest BCUT2D eigenvalue weighted by Gasteiger charge is -2.08. The van der Waals surface area contributed by atoms with Crippen molar-refractivity contribution in [1.82, 2.24) is 4.98 Å². The van der Waals surface area contributed by atoms with Gasteiger partial charge in [-0.25, -0.2) is 9.78 Å². The van der Waals surface area contributed by atoms with Gasteiger partial charge in [-0.15, -0.1) is 0 Å². The molecule has 0 fully saturated rings. The second-order valence-electron chi connectivity index (χ2n) is 3.95. The van der Waals surface area contributed by atoms with Gasteiger partial charge in [0, 0.05) is 16.4 Å². The van der Waals surface area contributed by atoms with Crippen LogP contribution in [0.3, 0.4) is 0 Å². The number of pyridine rings is 1. The first-order chi connectivity index (χ1) is 9.88. The summed E-state index contributed by atoms with van der Waals surface area (Å²) < 4.78 is 0.608. The molecule has 8 heteroatoms. The fourth-order valence-corrected chi connectivity index (χ4v) is 2.33. The number of amides is 1. The number of aromatic carboxylic acids is 1. The normalized spacial score (nSPS) is 10.2. The number of carboxylic acid groups (broad SMARTS) is 1. The Morgan fingerprint density at radius 2 is 1.90 bits per heavy atom. The second-order valence-corrected chi connectivity index (χ2v) is 5.63. The van der Waals surface area contributed by atoms with Gasteiger partial charge >= 0.3 is 5.97 Å². The van der Waals surface area contributed by atoms with E-state index in [1.165, 1.54) is 30.5 Å². The Bertz CT molecular complexity index is 737. The van der Waals surface area contributed by atoms with Crippen molar-refractivity contribution < 1.29 is 14.7 Å². The standard InChI is InChI=1S/C13H7BrCl2N2O3/c14-6-3-9(11(16)17-5-6)12(19)18-7-1-2-8(13(20)21)10(15)4-7/h1-5H,(H,18,19)(H,20,21). The molecule has 0 unspecified atom stereocenters. The largest absolute Gasteiger partial charge is 0.478 e. The van der Waals surface area contributed by atoms with Crippen molar-refractivity contribution in [1.29, 1.82) is 0 Å². The van der Waals surface area contributed by atoms with Gasteiger partial charge in [-0.2, -0.15) is 0 Å². The van der Waals surface area contributed by atoms with E-state index in [0.29, 0.717) is 10.2 Å². The van der Waals surface area contributed by atoms with Crippen LogP contribution in [0, 0.1) is 0 Å². The average Bonchev–Trinajstić information content (AvgIpc) is 2.41. The number of carbonyl (C=O) groups is 2. The highest BCUT2D eigenvalue weighted by Crippen LogP contribution is 2.23. The zero-order valence-electron chi connectivity index (χ0n) is 10.2. The molecule has 0 spiro atoms. The Labute approximate surface area is 138 Å². The Kier molecular flexibility index (Phi) is 4.82. The van der Waals surface area contributed by atoms with E-state index in [4.69, 9.17) is 28.3 Å². The molecule has 2 N–H and O–H groups in total. The molecule has 0 atom stereocenters. The molecule has 0 radical (unpaired) electrons. The van der Waals surface area contributed by atoms with Crippen LogP contribution in [0.4, 0.5) is 5.69 Å². The number of carboxylic acids is 1. The zero-order chi connectivity index (χ0) is 15.6. The highest BCUT2D eigenvalue weighted by atomic mass is 79.9. The average molecular weight is 390 g/mol. The van der Waals surface area contributed by atoms with Crippen LogP contribution in [0.5, 0.6) is 0 Å². The lowest BCUT2D eigenvalue weighted by atomic mass is 10.2. The van der Waals surface area contributed by atoms with E-state index in [0.717, 1.165) is 0 Å². The van der Waals surface area contributed by atoms with Gasteiger partial charge < -0.3 is 10.4 Å². The first-order valence-electron chi connectivity index (χ1n) is 5.53. The number of hydrogen-bond donors (Lipinski definition) is 2. The molecule has 0 aliphatic rings. The van der Waals surface area contributed by atoms with Crippen molar-refractivity contribution in [2.24, 2.45) is 0 Å². The third-order valence-electron chi connectivity index (χ3n) is 2.51. The van der Waals surface area contributed by atoms with Crippen LogP contribution in [0.25, 0.3) is 0 Å². The highest BCUT2D eigenvalue weighted by Gasteiger charge is 2.14. The predicted molar refractivity (Wildman–Crippen MR) is 83.3 cm³/mol. The Balaban J connectivity index is 2.26. The smallest absolute Gasteiger partial charge is 0.337 e. The molecule has 1 amide bonds. The van der Waals surface area contributed by atoms with Crippen molar-refractivity contribution in [3.63, 3.8) is 0 Å². The van der Waals surface area contributed by atoms with Crippen LogP contribution < -0.4 is 5.32 Å². The number of anilines is 1. The maximum Gasteiger partial charge on any atom is 0.337 e. The van der Waals surface area contributed by atoms with E-state index in [9.17, 15) is 9.59 Å². The van der Waals surface area contributed by atoms with Gasteiger partial charge in [-0.3, -0.25) is 4.79 Å². The van der Waals surface area contributed by atoms with Crippen molar-refractivity contribution in [2.45, 2.75) is 0 Å². The maximum absolute atomic E-state index is 12.1. The van der Waals surface area contributed by atoms with Gasteiger partial charge in [-0.05, 0) is 40.2 Å². The number of benzene rings is 1. The Hall–Kier alpha value is -1.63. The number of hydrogen-bond acceptors (Lipinski definition) is 3. The van der Waals surface area contributed by atoms with Crippen molar-refractivity contribution in [3.8, 4) is 0 Å². The minimum atomic E-state index is -1.14. The van der Waals surface area contributed by atoms with Gasteiger partial charge in [0.1, 0.15) is 5.15 Å². The maximum atomic E-state index is 12.1. The van der Waals surface area contributed by atoms with Gasteiger partial charge in [0.15, 0.2) is 0 Å². The van der Waals surface area contributed by atoms with Crippen LogP contribution in [-0.2, 0) is 0 Å². The molecule has 0 bridgehead atoms. The molecule has 21 heavy (non-hydrogen) atoms. The fourth-order valence-electron chi connectivity index (χ4n) is 1.55. The van der Waals surface area contributed by atoms with E-state index in [2.05, 4.69) is 26.2 Å². The van der Waals surface area contributed by atoms with Gasteiger partial charge in [0.05, 0.1) is 16.1 Å². The minimum Gasteiger partial charge on any atom is -0.478 e. The highest BCUT2D eigenvalue weighted by molar-refractivity contribution is 9.10. The van der Waals surface area contributed by atoms with E-state index in [-0.39, 0.29) is 21.3 Å². The Morgan fingerprint density at radius 1 is 1.19 bits per heavy atom. The monoisotopic (exact) mass is 388 g/mol. The quantitative estimate of drug-likeness (QED) is 0.774. The Morgan fingerprint density at radius 3 is 2.52 bits per heavy atom. The van der Waals surface area contributed by atoms with E-state index < -0.39 is 11.9 Å². The summed E-state index contributed by atoms with van der Waals surface area (Å²) in [5, 5.41) is 11.5. The predicted octanol–water partition coefficient (Wildman–Crippen LogP) is 4.10. The molecule has 5 nitrogen and oxygen atoms in total. The third-order valence-corrected chi connectivity index (χ3v) is 3.56. The molecular weight excluding hydrogens is 383 g/mol. The summed E-state index contributed by atoms with van der Waals surface area (Å²) in [6.45, 7) is 0. The summed E-state index contributed by atoms with van der Waals surface area (Å²) in [6, 6.07) is 5.62. The summed E-state index contributed by atoms with van der Waals surface area (Å²) >= 11 is 14.9. The van der Waals surface area contributed by atoms with E-state index in [1.807, 2.05) is 0 Å². The molecule has 0 aliphatic carbocycles. The first kappa shape index (κ1) is 15.8. The first-order valence-corrected chi connectivity index (χ1v) is 7.08. The minimum absolute atomic E-state index is 0.0266. The van der Waals surface area contributed by atoms with Crippen molar-refractivity contribution >= 4 is 56.7 Å². The fraction of sp³-hybridized carbons (Fsp3) is 0. The molecule has 0 saturated heterocycles. The third kappa shape index (κ3) is 3.72. The van der Waals surface area contributed by atoms with Crippen molar-refractivity contribution in [2.75, 3.05) is 5.32 Å². The molecule has 0 saturated carbocycles. The molecule has 0 aliphatic heterocycles. The molecule has 108 valence electrons. The lowest BCUT2D eigenvalue weighted by molar-refractivity contribution is 0.0697. The second kappa shape index (κ2) is 6.43. The van der Waals surface area contributed by atoms with Crippen LogP contribution in [0.15, 0.2) is 34.9 Å². The topological polar surface area (TPSA) is 79.3 Å². The van der Waals surface area contributed by atoms with Crippen LogP contribution in [-0.4, -0.2) is 22.0 Å². The number of nitrogens with zero attached hydrogens (tertiary/aromatic N) is 1. The van der Waals surface area contributed by atoms with Crippen LogP contribution in [0.1, 0.15) is 20.7 Å². The summed E-state index contributed by atoms with van der Waals surface area (Å²) in [6.07, 6.45) is 1.47. The van der Waals surface area contributed by atoms with Gasteiger partial charge in [0.25, 0.3) is 5.91 Å². The summed E-state index contributed by atoms with van der Waals surface area (Å²) in [4.78, 5) is 26.8. The molecular formula is C13H7BrCl2N2O3. The zero-order valence-corrected chi connectivity index (χ0v) is 13.3. The number of aromatic nitrogens is 1. The van der Waals surface area contributed by atoms with Crippen LogP contribution in [0.2, 0.25) is 10.2 Å². The molecule has 1 aromatic carbocycles.